The normalized spacial score (nSPS) is 18.2. The molecule has 0 radical (unpaired) electrons. The Bertz CT molecular complexity index is 1210. The van der Waals surface area contributed by atoms with Crippen LogP contribution in [-0.4, -0.2) is 35.9 Å². The Morgan fingerprint density at radius 3 is 2.50 bits per heavy atom. The Labute approximate surface area is 188 Å². The third-order valence-electron chi connectivity index (χ3n) is 6.93. The molecule has 4 nitrogen and oxygen atoms in total. The molecule has 0 atom stereocenters. The van der Waals surface area contributed by atoms with Crippen LogP contribution in [0.5, 0.6) is 0 Å². The zero-order chi connectivity index (χ0) is 22.4. The molecule has 2 N–H and O–H groups in total. The zero-order valence-electron chi connectivity index (χ0n) is 18.8. The van der Waals surface area contributed by atoms with Crippen LogP contribution in [-0.2, 0) is 4.79 Å². The van der Waals surface area contributed by atoms with Gasteiger partial charge in [-0.15, -0.1) is 0 Å². The minimum absolute atomic E-state index is 0.109. The molecule has 0 spiro atoms. The summed E-state index contributed by atoms with van der Waals surface area (Å²) >= 11 is 0. The monoisotopic (exact) mass is 429 g/mol. The van der Waals surface area contributed by atoms with E-state index < -0.39 is 0 Å². The molecular formula is C27H28FN3O. The minimum atomic E-state index is -0.273. The van der Waals surface area contributed by atoms with Crippen molar-refractivity contribution in [2.45, 2.75) is 32.6 Å². The Balaban J connectivity index is 1.58. The molecular weight excluding hydrogens is 401 g/mol. The summed E-state index contributed by atoms with van der Waals surface area (Å²) in [4.78, 5) is 18.9. The van der Waals surface area contributed by atoms with E-state index in [1.165, 1.54) is 29.0 Å². The highest BCUT2D eigenvalue weighted by molar-refractivity contribution is 6.36. The van der Waals surface area contributed by atoms with Gasteiger partial charge in [-0.1, -0.05) is 24.3 Å². The smallest absolute Gasteiger partial charge is 0.256 e. The average molecular weight is 430 g/mol. The Hall–Kier alpha value is -3.18. The topological polar surface area (TPSA) is 48.1 Å². The standard InChI is InChI=1S/C27H28FN3O/c1-16-24(29-17(2)25(16)19-11-13-31(3)14-12-19)15-22-26-21(18-7-9-20(28)10-8-18)5-4-6-23(26)30-27(22)32/h4-10,15,19,29H,11-14H2,1-3H3,(H,30,32). The van der Waals surface area contributed by atoms with E-state index in [4.69, 9.17) is 0 Å². The van der Waals surface area contributed by atoms with E-state index in [-0.39, 0.29) is 11.7 Å². The van der Waals surface area contributed by atoms with Gasteiger partial charge < -0.3 is 15.2 Å². The largest absolute Gasteiger partial charge is 0.359 e. The molecule has 2 aliphatic rings. The number of H-pyrrole nitrogens is 1. The van der Waals surface area contributed by atoms with Crippen molar-refractivity contribution in [1.29, 1.82) is 0 Å². The predicted octanol–water partition coefficient (Wildman–Crippen LogP) is 5.74. The van der Waals surface area contributed by atoms with Gasteiger partial charge >= 0.3 is 0 Å². The number of aryl methyl sites for hydroxylation is 1. The van der Waals surface area contributed by atoms with E-state index in [0.29, 0.717) is 11.5 Å². The zero-order valence-corrected chi connectivity index (χ0v) is 18.8. The van der Waals surface area contributed by atoms with E-state index in [0.717, 1.165) is 54.0 Å². The van der Waals surface area contributed by atoms with Crippen molar-refractivity contribution in [2.24, 2.45) is 0 Å². The molecule has 2 aliphatic heterocycles. The fourth-order valence-electron chi connectivity index (χ4n) is 5.25. The number of hydrogen-bond donors (Lipinski definition) is 2. The summed E-state index contributed by atoms with van der Waals surface area (Å²) in [6.07, 6.45) is 4.29. The summed E-state index contributed by atoms with van der Waals surface area (Å²) < 4.78 is 13.5. The molecule has 0 saturated carbocycles. The van der Waals surface area contributed by atoms with E-state index in [1.807, 2.05) is 24.3 Å². The molecule has 164 valence electrons. The molecule has 1 aromatic heterocycles. The Morgan fingerprint density at radius 2 is 1.78 bits per heavy atom. The number of rotatable bonds is 3. The average Bonchev–Trinajstić information content (AvgIpc) is 3.25. The number of hydrogen-bond acceptors (Lipinski definition) is 2. The molecule has 2 aromatic carbocycles. The van der Waals surface area contributed by atoms with Gasteiger partial charge in [0, 0.05) is 22.6 Å². The van der Waals surface area contributed by atoms with Crippen LogP contribution >= 0.6 is 0 Å². The Kier molecular flexibility index (Phi) is 5.22. The quantitative estimate of drug-likeness (QED) is 0.522. The lowest BCUT2D eigenvalue weighted by molar-refractivity contribution is -0.110. The van der Waals surface area contributed by atoms with Gasteiger partial charge in [0.1, 0.15) is 5.82 Å². The van der Waals surface area contributed by atoms with Gasteiger partial charge in [0.05, 0.1) is 5.57 Å². The maximum Gasteiger partial charge on any atom is 0.256 e. The number of anilines is 1. The van der Waals surface area contributed by atoms with Crippen molar-refractivity contribution < 1.29 is 9.18 Å². The highest BCUT2D eigenvalue weighted by Crippen LogP contribution is 2.41. The van der Waals surface area contributed by atoms with Crippen LogP contribution in [0.4, 0.5) is 10.1 Å². The molecule has 0 unspecified atom stereocenters. The first-order valence-electron chi connectivity index (χ1n) is 11.2. The van der Waals surface area contributed by atoms with Crippen molar-refractivity contribution in [1.82, 2.24) is 9.88 Å². The lowest BCUT2D eigenvalue weighted by Gasteiger charge is -2.29. The van der Waals surface area contributed by atoms with Gasteiger partial charge in [-0.3, -0.25) is 4.79 Å². The first kappa shape index (κ1) is 20.7. The number of aromatic nitrogens is 1. The minimum Gasteiger partial charge on any atom is -0.359 e. The van der Waals surface area contributed by atoms with E-state index in [1.54, 1.807) is 12.1 Å². The molecule has 3 heterocycles. The third kappa shape index (κ3) is 3.56. The number of halogens is 1. The van der Waals surface area contributed by atoms with Crippen LogP contribution in [0.3, 0.4) is 0 Å². The number of nitrogens with zero attached hydrogens (tertiary/aromatic N) is 1. The molecule has 0 bridgehead atoms. The number of carbonyl (C=O) groups is 1. The molecule has 5 heteroatoms. The van der Waals surface area contributed by atoms with Crippen LogP contribution < -0.4 is 5.32 Å². The van der Waals surface area contributed by atoms with Crippen molar-refractivity contribution >= 4 is 23.2 Å². The third-order valence-corrected chi connectivity index (χ3v) is 6.93. The number of carbonyl (C=O) groups excluding carboxylic acids is 1. The second kappa shape index (κ2) is 8.06. The van der Waals surface area contributed by atoms with Crippen LogP contribution in [0.2, 0.25) is 0 Å². The summed E-state index contributed by atoms with van der Waals surface area (Å²) in [5, 5.41) is 3.00. The van der Waals surface area contributed by atoms with Crippen molar-refractivity contribution in [3.63, 3.8) is 0 Å². The maximum atomic E-state index is 13.5. The van der Waals surface area contributed by atoms with Crippen molar-refractivity contribution in [3.05, 3.63) is 76.4 Å². The maximum absolute atomic E-state index is 13.5. The van der Waals surface area contributed by atoms with Crippen LogP contribution in [0, 0.1) is 19.7 Å². The van der Waals surface area contributed by atoms with Gasteiger partial charge in [-0.2, -0.15) is 0 Å². The van der Waals surface area contributed by atoms with Crippen LogP contribution in [0.15, 0.2) is 42.5 Å². The molecule has 3 aromatic rings. The number of amides is 1. The highest BCUT2D eigenvalue weighted by atomic mass is 19.1. The van der Waals surface area contributed by atoms with Gasteiger partial charge in [-0.05, 0) is 99.3 Å². The van der Waals surface area contributed by atoms with E-state index in [2.05, 4.69) is 36.1 Å². The molecule has 1 saturated heterocycles. The summed E-state index contributed by atoms with van der Waals surface area (Å²) in [5.74, 6) is 0.168. The predicted molar refractivity (Wildman–Crippen MR) is 128 cm³/mol. The molecule has 5 rings (SSSR count). The fraction of sp³-hybridized carbons (Fsp3) is 0.296. The summed E-state index contributed by atoms with van der Waals surface area (Å²) in [6.45, 7) is 6.52. The number of aromatic amines is 1. The van der Waals surface area contributed by atoms with E-state index in [9.17, 15) is 9.18 Å². The number of benzene rings is 2. The number of piperidine rings is 1. The number of fused-ring (bicyclic) bond motifs is 1. The summed E-state index contributed by atoms with van der Waals surface area (Å²) in [7, 11) is 2.18. The lowest BCUT2D eigenvalue weighted by Crippen LogP contribution is -2.29. The van der Waals surface area contributed by atoms with Gasteiger partial charge in [-0.25, -0.2) is 4.39 Å². The van der Waals surface area contributed by atoms with Crippen molar-refractivity contribution in [3.8, 4) is 11.1 Å². The second-order valence-corrected chi connectivity index (χ2v) is 9.03. The van der Waals surface area contributed by atoms with E-state index >= 15 is 0 Å². The molecule has 32 heavy (non-hydrogen) atoms. The SMILES string of the molecule is Cc1[nH]c(C=C2C(=O)Nc3cccc(-c4ccc(F)cc4)c32)c(C)c1C1CCN(C)CC1. The first-order chi connectivity index (χ1) is 15.4. The number of likely N-dealkylation sites (tertiary alicyclic amines) is 1. The Morgan fingerprint density at radius 1 is 1.06 bits per heavy atom. The highest BCUT2D eigenvalue weighted by Gasteiger charge is 2.29. The first-order valence-corrected chi connectivity index (χ1v) is 11.2. The molecule has 0 aliphatic carbocycles. The van der Waals surface area contributed by atoms with Gasteiger partial charge in [0.2, 0.25) is 0 Å². The van der Waals surface area contributed by atoms with Gasteiger partial charge in [0.15, 0.2) is 0 Å². The molecule has 1 amide bonds. The van der Waals surface area contributed by atoms with Gasteiger partial charge in [0.25, 0.3) is 5.91 Å². The van der Waals surface area contributed by atoms with Crippen LogP contribution in [0.1, 0.15) is 46.8 Å². The summed E-state index contributed by atoms with van der Waals surface area (Å²) in [6, 6.07) is 12.2. The fourth-order valence-corrected chi connectivity index (χ4v) is 5.25. The summed E-state index contributed by atoms with van der Waals surface area (Å²) in [5.41, 5.74) is 8.91. The second-order valence-electron chi connectivity index (χ2n) is 9.03. The molecule has 1 fully saturated rings. The van der Waals surface area contributed by atoms with Crippen molar-refractivity contribution in [2.75, 3.05) is 25.5 Å². The van der Waals surface area contributed by atoms with Crippen LogP contribution in [0.25, 0.3) is 22.8 Å². The lowest BCUT2D eigenvalue weighted by atomic mass is 9.87. The number of nitrogens with one attached hydrogen (secondary N) is 2.